The predicted octanol–water partition coefficient (Wildman–Crippen LogP) is 3.70. The van der Waals surface area contributed by atoms with E-state index in [1.165, 1.54) is 18.2 Å². The molecule has 0 aliphatic heterocycles. The van der Waals surface area contributed by atoms with Crippen LogP contribution in [0.3, 0.4) is 0 Å². The van der Waals surface area contributed by atoms with E-state index in [0.29, 0.717) is 5.56 Å². The molecule has 0 bridgehead atoms. The number of benzene rings is 2. The molecule has 2 aromatic carbocycles. The Morgan fingerprint density at radius 3 is 2.38 bits per heavy atom. The Bertz CT molecular complexity index is 949. The van der Waals surface area contributed by atoms with Gasteiger partial charge in [0.15, 0.2) is 0 Å². The number of rotatable bonds is 4. The van der Waals surface area contributed by atoms with E-state index in [0.717, 1.165) is 11.1 Å². The van der Waals surface area contributed by atoms with E-state index in [-0.39, 0.29) is 45.8 Å². The number of carboxylic acids is 1. The van der Waals surface area contributed by atoms with Gasteiger partial charge in [0, 0.05) is 23.0 Å². The third-order valence-corrected chi connectivity index (χ3v) is 3.83. The second-order valence-electron chi connectivity index (χ2n) is 5.27. The van der Waals surface area contributed by atoms with Crippen LogP contribution in [0.4, 0.5) is 5.69 Å². The van der Waals surface area contributed by atoms with Crippen LogP contribution in [0.2, 0.25) is 5.02 Å². The molecule has 1 heterocycles. The molecule has 3 aromatic rings. The van der Waals surface area contributed by atoms with Crippen molar-refractivity contribution in [2.45, 2.75) is 0 Å². The van der Waals surface area contributed by atoms with Crippen molar-refractivity contribution in [3.05, 3.63) is 83.1 Å². The Hall–Kier alpha value is -2.18. The normalized spacial score (nSPS) is 9.88. The van der Waals surface area contributed by atoms with Gasteiger partial charge in [-0.15, -0.1) is 0 Å². The molecule has 1 amide bonds. The summed E-state index contributed by atoms with van der Waals surface area (Å²) in [7, 11) is 0. The molecule has 26 heavy (non-hydrogen) atoms. The summed E-state index contributed by atoms with van der Waals surface area (Å²) >= 11 is 5.82. The molecule has 0 aliphatic rings. The van der Waals surface area contributed by atoms with Crippen LogP contribution in [0, 0.1) is 0 Å². The molecule has 0 saturated carbocycles. The number of carbonyl (C=O) groups is 2. The first-order valence-corrected chi connectivity index (χ1v) is 7.77. The van der Waals surface area contributed by atoms with Crippen LogP contribution in [0.25, 0.3) is 11.1 Å². The number of halogens is 1. The third kappa shape index (κ3) is 4.71. The number of amides is 1. The Morgan fingerprint density at radius 2 is 1.69 bits per heavy atom. The number of hydrogen-bond donors (Lipinski definition) is 2. The van der Waals surface area contributed by atoms with Gasteiger partial charge in [0.2, 0.25) is 0 Å². The van der Waals surface area contributed by atoms with Crippen LogP contribution in [-0.4, -0.2) is 51.5 Å². The van der Waals surface area contributed by atoms with E-state index in [1.807, 2.05) is 18.2 Å². The molecule has 0 spiro atoms. The number of carboxylic acid groups (broad SMARTS) is 1. The summed E-state index contributed by atoms with van der Waals surface area (Å²) in [6.45, 7) is 0. The van der Waals surface area contributed by atoms with Crippen molar-refractivity contribution in [2.24, 2.45) is 0 Å². The van der Waals surface area contributed by atoms with Crippen LogP contribution in [-0.2, 0) is 0 Å². The van der Waals surface area contributed by atoms with E-state index in [4.69, 9.17) is 11.6 Å². The van der Waals surface area contributed by atoms with Crippen LogP contribution >= 0.6 is 11.6 Å². The number of nitrogens with one attached hydrogen (secondary N) is 1. The fourth-order valence-corrected chi connectivity index (χ4v) is 2.55. The quantitative estimate of drug-likeness (QED) is 0.680. The molecule has 1 aromatic heterocycles. The molecule has 2 N–H and O–H groups in total. The minimum absolute atomic E-state index is 0. The molecular weight excluding hydrogens is 363 g/mol. The fraction of sp³-hybridized carbons (Fsp3) is 0. The number of carbonyl (C=O) groups excluding carboxylic acids is 1. The maximum atomic E-state index is 12.5. The summed E-state index contributed by atoms with van der Waals surface area (Å²) in [4.78, 5) is 27.8. The van der Waals surface area contributed by atoms with Gasteiger partial charge < -0.3 is 10.4 Å². The second kappa shape index (κ2) is 8.96. The van der Waals surface area contributed by atoms with Crippen molar-refractivity contribution in [3.63, 3.8) is 0 Å². The second-order valence-corrected chi connectivity index (χ2v) is 5.70. The standard InChI is InChI=1S/C19H13ClN2O3.Na.H/c20-15-4-5-17(16(11-15)19(24)25)22-18(23)14-3-1-2-13(10-14)12-6-8-21-9-7-12;;/h1-11H,(H,22,23)(H,24,25);;. The van der Waals surface area contributed by atoms with Crippen molar-refractivity contribution < 1.29 is 14.7 Å². The van der Waals surface area contributed by atoms with Gasteiger partial charge in [-0.25, -0.2) is 4.79 Å². The number of anilines is 1. The van der Waals surface area contributed by atoms with Gasteiger partial charge in [0.05, 0.1) is 11.3 Å². The maximum absolute atomic E-state index is 12.5. The van der Waals surface area contributed by atoms with Crippen molar-refractivity contribution in [1.82, 2.24) is 4.98 Å². The first kappa shape index (κ1) is 20.1. The van der Waals surface area contributed by atoms with Gasteiger partial charge in [-0.1, -0.05) is 23.7 Å². The van der Waals surface area contributed by atoms with E-state index < -0.39 is 11.9 Å². The zero-order chi connectivity index (χ0) is 17.8. The molecule has 5 nitrogen and oxygen atoms in total. The molecule has 0 fully saturated rings. The van der Waals surface area contributed by atoms with Gasteiger partial charge in [-0.3, -0.25) is 9.78 Å². The van der Waals surface area contributed by atoms with Crippen molar-refractivity contribution in [1.29, 1.82) is 0 Å². The molecule has 0 unspecified atom stereocenters. The van der Waals surface area contributed by atoms with E-state index in [9.17, 15) is 14.7 Å². The van der Waals surface area contributed by atoms with Crippen LogP contribution in [0.5, 0.6) is 0 Å². The topological polar surface area (TPSA) is 79.3 Å². The summed E-state index contributed by atoms with van der Waals surface area (Å²) in [5, 5.41) is 12.2. The molecule has 0 atom stereocenters. The Labute approximate surface area is 177 Å². The van der Waals surface area contributed by atoms with Crippen molar-refractivity contribution >= 4 is 58.7 Å². The molecule has 0 aliphatic carbocycles. The summed E-state index contributed by atoms with van der Waals surface area (Å²) in [5.74, 6) is -1.57. The molecule has 7 heteroatoms. The number of aromatic carboxylic acids is 1. The summed E-state index contributed by atoms with van der Waals surface area (Å²) in [6.07, 6.45) is 3.35. The SMILES string of the molecule is O=C(Nc1ccc(Cl)cc1C(=O)O)c1cccc(-c2ccncc2)c1.[NaH]. The van der Waals surface area contributed by atoms with E-state index in [1.54, 1.807) is 30.6 Å². The van der Waals surface area contributed by atoms with Gasteiger partial charge >= 0.3 is 35.5 Å². The third-order valence-electron chi connectivity index (χ3n) is 3.60. The van der Waals surface area contributed by atoms with Crippen LogP contribution in [0.15, 0.2) is 67.0 Å². The zero-order valence-corrected chi connectivity index (χ0v) is 13.7. The van der Waals surface area contributed by atoms with E-state index >= 15 is 0 Å². The minimum atomic E-state index is -1.16. The van der Waals surface area contributed by atoms with E-state index in [2.05, 4.69) is 10.3 Å². The number of nitrogens with zero attached hydrogens (tertiary/aromatic N) is 1. The summed E-state index contributed by atoms with van der Waals surface area (Å²) in [5.41, 5.74) is 2.34. The molecule has 0 saturated heterocycles. The molecule has 3 rings (SSSR count). The van der Waals surface area contributed by atoms with Gasteiger partial charge in [0.1, 0.15) is 0 Å². The zero-order valence-electron chi connectivity index (χ0n) is 12.9. The van der Waals surface area contributed by atoms with Crippen LogP contribution < -0.4 is 5.32 Å². The van der Waals surface area contributed by atoms with Gasteiger partial charge in [-0.05, 0) is 53.6 Å². The monoisotopic (exact) mass is 376 g/mol. The van der Waals surface area contributed by atoms with Crippen molar-refractivity contribution in [3.8, 4) is 11.1 Å². The Kier molecular flexibility index (Phi) is 6.94. The first-order chi connectivity index (χ1) is 12.0. The Balaban J connectivity index is 0.00000243. The number of pyridine rings is 1. The van der Waals surface area contributed by atoms with Crippen LogP contribution in [0.1, 0.15) is 20.7 Å². The fourth-order valence-electron chi connectivity index (χ4n) is 2.38. The number of hydrogen-bond acceptors (Lipinski definition) is 3. The average Bonchev–Trinajstić information content (AvgIpc) is 2.64. The summed E-state index contributed by atoms with van der Waals surface area (Å²) in [6, 6.07) is 15.0. The first-order valence-electron chi connectivity index (χ1n) is 7.39. The van der Waals surface area contributed by atoms with Crippen molar-refractivity contribution in [2.75, 3.05) is 5.32 Å². The summed E-state index contributed by atoms with van der Waals surface area (Å²) < 4.78 is 0. The predicted molar refractivity (Wildman–Crippen MR) is 103 cm³/mol. The number of aromatic nitrogens is 1. The molecule has 0 radical (unpaired) electrons. The van der Waals surface area contributed by atoms with Gasteiger partial charge in [0.25, 0.3) is 5.91 Å². The Morgan fingerprint density at radius 1 is 0.962 bits per heavy atom. The molecular formula is C19H14ClN2NaO3. The average molecular weight is 377 g/mol. The van der Waals surface area contributed by atoms with Gasteiger partial charge in [-0.2, -0.15) is 0 Å². The molecule has 126 valence electrons.